The van der Waals surface area contributed by atoms with Gasteiger partial charge in [-0.25, -0.2) is 9.59 Å². The molecule has 0 aliphatic heterocycles. The van der Waals surface area contributed by atoms with Gasteiger partial charge in [-0.1, -0.05) is 47.6 Å². The van der Waals surface area contributed by atoms with Crippen LogP contribution in [0.3, 0.4) is 0 Å². The fourth-order valence-electron chi connectivity index (χ4n) is 3.66. The lowest BCUT2D eigenvalue weighted by atomic mass is 9.70. The first-order chi connectivity index (χ1) is 10.0. The molecule has 0 heterocycles. The Bertz CT molecular complexity index is 446. The minimum atomic E-state index is -0.704. The number of hydrogen-bond acceptors (Lipinski definition) is 4. The van der Waals surface area contributed by atoms with E-state index in [1.54, 1.807) is 6.92 Å². The van der Waals surface area contributed by atoms with E-state index in [4.69, 9.17) is 9.47 Å². The van der Waals surface area contributed by atoms with Gasteiger partial charge >= 0.3 is 11.9 Å². The van der Waals surface area contributed by atoms with Crippen molar-refractivity contribution in [3.05, 3.63) is 12.2 Å². The third kappa shape index (κ3) is 4.34. The summed E-state index contributed by atoms with van der Waals surface area (Å²) in [6.45, 7) is 16.0. The second-order valence-electron chi connectivity index (χ2n) is 7.85. The molecule has 4 nitrogen and oxygen atoms in total. The van der Waals surface area contributed by atoms with Crippen molar-refractivity contribution in [1.29, 1.82) is 0 Å². The summed E-state index contributed by atoms with van der Waals surface area (Å²) in [5.41, 5.74) is -0.503. The molecule has 0 saturated heterocycles. The maximum atomic E-state index is 12.3. The standard InChI is InChI=1S/C18H30O4/c1-8-21-14(19)13(3)15(20)22-16(17(4,5)6)18(7)10-9-12(2)11-18/h12,16H,3,8-11H2,1-2,4-7H3. The maximum absolute atomic E-state index is 12.3. The molecule has 0 N–H and O–H groups in total. The topological polar surface area (TPSA) is 52.6 Å². The fourth-order valence-corrected chi connectivity index (χ4v) is 3.66. The number of carbonyl (C=O) groups excluding carboxylic acids is 2. The second-order valence-corrected chi connectivity index (χ2v) is 7.85. The third-order valence-electron chi connectivity index (χ3n) is 4.44. The fraction of sp³-hybridized carbons (Fsp3) is 0.778. The van der Waals surface area contributed by atoms with Crippen LogP contribution >= 0.6 is 0 Å². The number of esters is 2. The Balaban J connectivity index is 2.90. The normalized spacial score (nSPS) is 26.4. The molecule has 0 aromatic carbocycles. The largest absolute Gasteiger partial charge is 0.462 e. The van der Waals surface area contributed by atoms with E-state index in [-0.39, 0.29) is 29.1 Å². The Morgan fingerprint density at radius 3 is 2.32 bits per heavy atom. The summed E-state index contributed by atoms with van der Waals surface area (Å²) in [6, 6.07) is 0. The Morgan fingerprint density at radius 2 is 1.91 bits per heavy atom. The van der Waals surface area contributed by atoms with Gasteiger partial charge in [0.15, 0.2) is 0 Å². The lowest BCUT2D eigenvalue weighted by Crippen LogP contribution is -2.44. The molecule has 0 aromatic rings. The minimum absolute atomic E-state index is 0.0672. The first-order valence-electron chi connectivity index (χ1n) is 8.08. The predicted octanol–water partition coefficient (Wildman–Crippen LogP) is 3.89. The first-order valence-corrected chi connectivity index (χ1v) is 8.08. The van der Waals surface area contributed by atoms with E-state index >= 15 is 0 Å². The molecule has 1 saturated carbocycles. The van der Waals surface area contributed by atoms with Crippen molar-refractivity contribution in [1.82, 2.24) is 0 Å². The van der Waals surface area contributed by atoms with Crippen molar-refractivity contribution < 1.29 is 19.1 Å². The van der Waals surface area contributed by atoms with Gasteiger partial charge in [0.1, 0.15) is 11.7 Å². The van der Waals surface area contributed by atoms with Crippen LogP contribution in [0.5, 0.6) is 0 Å². The van der Waals surface area contributed by atoms with E-state index in [1.165, 1.54) is 0 Å². The highest BCUT2D eigenvalue weighted by Crippen LogP contribution is 2.49. The summed E-state index contributed by atoms with van der Waals surface area (Å²) in [4.78, 5) is 23.9. The van der Waals surface area contributed by atoms with Crippen molar-refractivity contribution >= 4 is 11.9 Å². The van der Waals surface area contributed by atoms with E-state index in [9.17, 15) is 9.59 Å². The van der Waals surface area contributed by atoms with Crippen LogP contribution in [-0.2, 0) is 19.1 Å². The van der Waals surface area contributed by atoms with Crippen LogP contribution in [0.2, 0.25) is 0 Å². The lowest BCUT2D eigenvalue weighted by molar-refractivity contribution is -0.163. The van der Waals surface area contributed by atoms with E-state index in [1.807, 2.05) is 0 Å². The minimum Gasteiger partial charge on any atom is -0.462 e. The molecule has 1 fully saturated rings. The van der Waals surface area contributed by atoms with Crippen LogP contribution in [-0.4, -0.2) is 24.6 Å². The molecule has 1 aliphatic carbocycles. The predicted molar refractivity (Wildman–Crippen MR) is 86.2 cm³/mol. The van der Waals surface area contributed by atoms with Crippen LogP contribution in [0.1, 0.15) is 60.8 Å². The lowest BCUT2D eigenvalue weighted by Gasteiger charge is -2.42. The first kappa shape index (κ1) is 18.7. The number of ether oxygens (including phenoxy) is 2. The highest BCUT2D eigenvalue weighted by atomic mass is 16.6. The molecule has 0 amide bonds. The van der Waals surface area contributed by atoms with E-state index in [2.05, 4.69) is 41.2 Å². The van der Waals surface area contributed by atoms with Crippen molar-refractivity contribution in [2.45, 2.75) is 66.9 Å². The molecule has 0 bridgehead atoms. The van der Waals surface area contributed by atoms with Gasteiger partial charge in [-0.3, -0.25) is 0 Å². The van der Waals surface area contributed by atoms with Gasteiger partial charge in [0, 0.05) is 5.41 Å². The van der Waals surface area contributed by atoms with E-state index in [0.717, 1.165) is 19.3 Å². The Hall–Kier alpha value is -1.32. The second kappa shape index (κ2) is 6.84. The monoisotopic (exact) mass is 310 g/mol. The quantitative estimate of drug-likeness (QED) is 0.334. The number of hydrogen-bond donors (Lipinski definition) is 0. The highest BCUT2D eigenvalue weighted by Gasteiger charge is 2.47. The summed E-state index contributed by atoms with van der Waals surface area (Å²) in [5, 5.41) is 0. The molecule has 3 atom stereocenters. The number of rotatable bonds is 5. The van der Waals surface area contributed by atoms with Crippen LogP contribution in [0.25, 0.3) is 0 Å². The molecule has 4 heteroatoms. The highest BCUT2D eigenvalue weighted by molar-refractivity contribution is 6.13. The molecule has 3 unspecified atom stereocenters. The average molecular weight is 310 g/mol. The Morgan fingerprint density at radius 1 is 1.32 bits per heavy atom. The Kier molecular flexibility index (Phi) is 5.82. The van der Waals surface area contributed by atoms with Gasteiger partial charge in [0.2, 0.25) is 0 Å². The summed E-state index contributed by atoms with van der Waals surface area (Å²) < 4.78 is 10.6. The van der Waals surface area contributed by atoms with Gasteiger partial charge < -0.3 is 9.47 Å². The van der Waals surface area contributed by atoms with Gasteiger partial charge in [-0.05, 0) is 31.1 Å². The average Bonchev–Trinajstić information content (AvgIpc) is 2.74. The molecule has 0 spiro atoms. The summed E-state index contributed by atoms with van der Waals surface area (Å²) in [5.74, 6) is -0.744. The number of carbonyl (C=O) groups is 2. The van der Waals surface area contributed by atoms with Crippen molar-refractivity contribution in [3.8, 4) is 0 Å². The van der Waals surface area contributed by atoms with Crippen LogP contribution in [0.15, 0.2) is 12.2 Å². The molecule has 22 heavy (non-hydrogen) atoms. The smallest absolute Gasteiger partial charge is 0.345 e. The van der Waals surface area contributed by atoms with Gasteiger partial charge in [-0.15, -0.1) is 0 Å². The maximum Gasteiger partial charge on any atom is 0.345 e. The molecular formula is C18H30O4. The van der Waals surface area contributed by atoms with Gasteiger partial charge in [0.05, 0.1) is 6.61 Å². The Labute approximate surface area is 134 Å². The SMILES string of the molecule is C=C(C(=O)OCC)C(=O)OC(C(C)(C)C)C1(C)CCC(C)C1. The van der Waals surface area contributed by atoms with Gasteiger partial charge in [-0.2, -0.15) is 0 Å². The molecule has 126 valence electrons. The molecule has 0 aromatic heterocycles. The molecule has 0 radical (unpaired) electrons. The van der Waals surface area contributed by atoms with Crippen LogP contribution in [0.4, 0.5) is 0 Å². The van der Waals surface area contributed by atoms with Crippen molar-refractivity contribution in [3.63, 3.8) is 0 Å². The molecular weight excluding hydrogens is 280 g/mol. The molecule has 1 rings (SSSR count). The molecule has 1 aliphatic rings. The zero-order valence-corrected chi connectivity index (χ0v) is 14.8. The summed E-state index contributed by atoms with van der Waals surface area (Å²) in [6.07, 6.45) is 2.92. The zero-order chi connectivity index (χ0) is 17.1. The van der Waals surface area contributed by atoms with Crippen LogP contribution < -0.4 is 0 Å². The summed E-state index contributed by atoms with van der Waals surface area (Å²) >= 11 is 0. The third-order valence-corrected chi connectivity index (χ3v) is 4.44. The van der Waals surface area contributed by atoms with E-state index < -0.39 is 11.9 Å². The van der Waals surface area contributed by atoms with Crippen molar-refractivity contribution in [2.75, 3.05) is 6.61 Å². The zero-order valence-electron chi connectivity index (χ0n) is 14.8. The van der Waals surface area contributed by atoms with Gasteiger partial charge in [0.25, 0.3) is 0 Å². The van der Waals surface area contributed by atoms with Crippen molar-refractivity contribution in [2.24, 2.45) is 16.7 Å². The van der Waals surface area contributed by atoms with E-state index in [0.29, 0.717) is 5.92 Å². The summed E-state index contributed by atoms with van der Waals surface area (Å²) in [7, 11) is 0. The van der Waals surface area contributed by atoms with Crippen LogP contribution in [0, 0.1) is 16.7 Å².